The molecule has 16 heavy (non-hydrogen) atoms. The third kappa shape index (κ3) is 2.51. The molecule has 0 bridgehead atoms. The lowest BCUT2D eigenvalue weighted by atomic mass is 10.1. The fraction of sp³-hybridized carbons (Fsp3) is 0.417. The van der Waals surface area contributed by atoms with Crippen LogP contribution in [0.4, 0.5) is 14.9 Å². The van der Waals surface area contributed by atoms with Gasteiger partial charge in [-0.25, -0.2) is 4.79 Å². The van der Waals surface area contributed by atoms with Crippen LogP contribution in [0.25, 0.3) is 0 Å². The lowest BCUT2D eigenvalue weighted by Gasteiger charge is -2.16. The second-order valence-corrected chi connectivity index (χ2v) is 4.05. The van der Waals surface area contributed by atoms with E-state index in [0.717, 1.165) is 12.1 Å². The van der Waals surface area contributed by atoms with Gasteiger partial charge in [0.2, 0.25) is 0 Å². The molecule has 1 aliphatic heterocycles. The molecule has 1 saturated heterocycles. The van der Waals surface area contributed by atoms with Crippen LogP contribution in [0.15, 0.2) is 30.3 Å². The number of nitrogens with one attached hydrogen (secondary N) is 1. The van der Waals surface area contributed by atoms with E-state index in [1.807, 2.05) is 30.3 Å². The minimum atomic E-state index is -0.338. The molecule has 86 valence electrons. The van der Waals surface area contributed by atoms with Crippen LogP contribution in [0.1, 0.15) is 6.42 Å². The van der Waals surface area contributed by atoms with Crippen LogP contribution in [0.2, 0.25) is 0 Å². The third-order valence-electron chi connectivity index (χ3n) is 2.82. The zero-order valence-corrected chi connectivity index (χ0v) is 9.03. The minimum absolute atomic E-state index is 0.0153. The molecule has 1 N–H and O–H groups in total. The maximum Gasteiger partial charge on any atom is 0.321 e. The maximum absolute atomic E-state index is 12.4. The molecule has 4 heteroatoms. The van der Waals surface area contributed by atoms with E-state index in [-0.39, 0.29) is 18.6 Å². The van der Waals surface area contributed by atoms with E-state index in [9.17, 15) is 9.18 Å². The van der Waals surface area contributed by atoms with E-state index in [4.69, 9.17) is 0 Å². The highest BCUT2D eigenvalue weighted by Gasteiger charge is 2.25. The average Bonchev–Trinajstić information content (AvgIpc) is 2.79. The average molecular weight is 222 g/mol. The number of carbonyl (C=O) groups excluding carboxylic acids is 1. The Morgan fingerprint density at radius 3 is 2.81 bits per heavy atom. The molecule has 0 aromatic heterocycles. The molecular formula is C12H15FN2O. The Labute approximate surface area is 94.3 Å². The fourth-order valence-corrected chi connectivity index (χ4v) is 1.87. The van der Waals surface area contributed by atoms with Crippen LogP contribution in [-0.4, -0.2) is 30.7 Å². The molecule has 2 amide bonds. The van der Waals surface area contributed by atoms with E-state index in [1.54, 1.807) is 4.90 Å². The van der Waals surface area contributed by atoms with Crippen LogP contribution < -0.4 is 5.32 Å². The molecule has 0 aliphatic carbocycles. The van der Waals surface area contributed by atoms with E-state index < -0.39 is 0 Å². The standard InChI is InChI=1S/C12H15FN2O/c13-8-10-6-7-15(9-10)12(16)14-11-4-2-1-3-5-11/h1-5,10H,6-9H2,(H,14,16). The Bertz CT molecular complexity index is 355. The molecule has 1 aromatic carbocycles. The Balaban J connectivity index is 1.90. The summed E-state index contributed by atoms with van der Waals surface area (Å²) in [7, 11) is 0. The number of rotatable bonds is 2. The van der Waals surface area contributed by atoms with Crippen molar-refractivity contribution in [3.63, 3.8) is 0 Å². The predicted octanol–water partition coefficient (Wildman–Crippen LogP) is 2.51. The third-order valence-corrected chi connectivity index (χ3v) is 2.82. The summed E-state index contributed by atoms with van der Waals surface area (Å²) >= 11 is 0. The van der Waals surface area contributed by atoms with Crippen LogP contribution >= 0.6 is 0 Å². The fourth-order valence-electron chi connectivity index (χ4n) is 1.87. The highest BCUT2D eigenvalue weighted by Crippen LogP contribution is 2.17. The van der Waals surface area contributed by atoms with Gasteiger partial charge in [-0.15, -0.1) is 0 Å². The second kappa shape index (κ2) is 4.96. The van der Waals surface area contributed by atoms with E-state index in [2.05, 4.69) is 5.32 Å². The highest BCUT2D eigenvalue weighted by molar-refractivity contribution is 5.89. The van der Waals surface area contributed by atoms with Crippen LogP contribution in [-0.2, 0) is 0 Å². The molecule has 1 heterocycles. The number of hydrogen-bond acceptors (Lipinski definition) is 1. The largest absolute Gasteiger partial charge is 0.324 e. The molecule has 1 fully saturated rings. The van der Waals surface area contributed by atoms with Gasteiger partial charge < -0.3 is 10.2 Å². The van der Waals surface area contributed by atoms with Crippen LogP contribution in [0, 0.1) is 5.92 Å². The molecular weight excluding hydrogens is 207 g/mol. The van der Waals surface area contributed by atoms with Crippen molar-refractivity contribution in [3.05, 3.63) is 30.3 Å². The molecule has 0 spiro atoms. The van der Waals surface area contributed by atoms with Crippen LogP contribution in [0.3, 0.4) is 0 Å². The van der Waals surface area contributed by atoms with Crippen molar-refractivity contribution in [1.82, 2.24) is 4.90 Å². The summed E-state index contributed by atoms with van der Waals surface area (Å²) in [6, 6.07) is 9.15. The van der Waals surface area contributed by atoms with Gasteiger partial charge in [-0.05, 0) is 18.6 Å². The van der Waals surface area contributed by atoms with Gasteiger partial charge in [-0.2, -0.15) is 0 Å². The van der Waals surface area contributed by atoms with Crippen molar-refractivity contribution in [2.75, 3.05) is 25.1 Å². The number of para-hydroxylation sites is 1. The number of carbonyl (C=O) groups is 1. The van der Waals surface area contributed by atoms with Crippen molar-refractivity contribution in [3.8, 4) is 0 Å². The Kier molecular flexibility index (Phi) is 3.39. The molecule has 1 unspecified atom stereocenters. The van der Waals surface area contributed by atoms with Gasteiger partial charge in [-0.1, -0.05) is 18.2 Å². The Morgan fingerprint density at radius 2 is 2.19 bits per heavy atom. The zero-order valence-electron chi connectivity index (χ0n) is 9.03. The van der Waals surface area contributed by atoms with Crippen molar-refractivity contribution in [2.45, 2.75) is 6.42 Å². The van der Waals surface area contributed by atoms with E-state index in [1.165, 1.54) is 0 Å². The first kappa shape index (κ1) is 10.9. The van der Waals surface area contributed by atoms with E-state index in [0.29, 0.717) is 13.1 Å². The molecule has 0 radical (unpaired) electrons. The predicted molar refractivity (Wildman–Crippen MR) is 61.1 cm³/mol. The Hall–Kier alpha value is -1.58. The first-order valence-electron chi connectivity index (χ1n) is 5.46. The summed E-state index contributed by atoms with van der Waals surface area (Å²) in [6.07, 6.45) is 0.763. The van der Waals surface area contributed by atoms with Gasteiger partial charge in [0.1, 0.15) is 0 Å². The van der Waals surface area contributed by atoms with Crippen molar-refractivity contribution >= 4 is 11.7 Å². The van der Waals surface area contributed by atoms with E-state index >= 15 is 0 Å². The number of urea groups is 1. The number of halogens is 1. The lowest BCUT2D eigenvalue weighted by molar-refractivity contribution is 0.219. The number of nitrogens with zero attached hydrogens (tertiary/aromatic N) is 1. The van der Waals surface area contributed by atoms with Gasteiger partial charge >= 0.3 is 6.03 Å². The zero-order chi connectivity index (χ0) is 11.4. The molecule has 3 nitrogen and oxygen atoms in total. The minimum Gasteiger partial charge on any atom is -0.324 e. The monoisotopic (exact) mass is 222 g/mol. The number of hydrogen-bond donors (Lipinski definition) is 1. The summed E-state index contributed by atoms with van der Waals surface area (Å²) in [6.45, 7) is 0.831. The number of likely N-dealkylation sites (tertiary alicyclic amines) is 1. The smallest absolute Gasteiger partial charge is 0.321 e. The maximum atomic E-state index is 12.4. The number of amides is 2. The van der Waals surface area contributed by atoms with Gasteiger partial charge in [0.15, 0.2) is 0 Å². The normalized spacial score (nSPS) is 19.8. The van der Waals surface area contributed by atoms with Crippen molar-refractivity contribution < 1.29 is 9.18 Å². The van der Waals surface area contributed by atoms with Crippen molar-refractivity contribution in [1.29, 1.82) is 0 Å². The number of anilines is 1. The number of alkyl halides is 1. The summed E-state index contributed by atoms with van der Waals surface area (Å²) in [5, 5.41) is 2.79. The number of benzene rings is 1. The van der Waals surface area contributed by atoms with Gasteiger partial charge in [0.05, 0.1) is 6.67 Å². The van der Waals surface area contributed by atoms with Gasteiger partial charge in [0.25, 0.3) is 0 Å². The second-order valence-electron chi connectivity index (χ2n) is 4.05. The van der Waals surface area contributed by atoms with Crippen molar-refractivity contribution in [2.24, 2.45) is 5.92 Å². The van der Waals surface area contributed by atoms with Gasteiger partial charge in [-0.3, -0.25) is 4.39 Å². The first-order valence-corrected chi connectivity index (χ1v) is 5.46. The van der Waals surface area contributed by atoms with Crippen LogP contribution in [0.5, 0.6) is 0 Å². The summed E-state index contributed by atoms with van der Waals surface area (Å²) in [5.41, 5.74) is 0.774. The highest BCUT2D eigenvalue weighted by atomic mass is 19.1. The lowest BCUT2D eigenvalue weighted by Crippen LogP contribution is -2.33. The summed E-state index contributed by atoms with van der Waals surface area (Å²) in [5.74, 6) is 0.0153. The molecule has 2 rings (SSSR count). The summed E-state index contributed by atoms with van der Waals surface area (Å²) < 4.78 is 12.4. The Morgan fingerprint density at radius 1 is 1.44 bits per heavy atom. The molecule has 1 aliphatic rings. The summed E-state index contributed by atoms with van der Waals surface area (Å²) in [4.78, 5) is 13.4. The SMILES string of the molecule is O=C(Nc1ccccc1)N1CCC(CF)C1. The molecule has 1 aromatic rings. The molecule has 1 atom stereocenters. The molecule has 0 saturated carbocycles. The topological polar surface area (TPSA) is 32.3 Å². The quantitative estimate of drug-likeness (QED) is 0.819. The first-order chi connectivity index (χ1) is 7.79. The van der Waals surface area contributed by atoms with Gasteiger partial charge in [0, 0.05) is 24.7 Å².